The van der Waals surface area contributed by atoms with Gasteiger partial charge in [0.05, 0.1) is 30.8 Å². The van der Waals surface area contributed by atoms with E-state index < -0.39 is 10.0 Å². The van der Waals surface area contributed by atoms with E-state index in [1.165, 1.54) is 20.3 Å². The Kier molecular flexibility index (Phi) is 5.69. The third-order valence-electron chi connectivity index (χ3n) is 6.54. The van der Waals surface area contributed by atoms with E-state index in [0.29, 0.717) is 17.1 Å². The van der Waals surface area contributed by atoms with Crippen LogP contribution in [0.3, 0.4) is 0 Å². The normalized spacial score (nSPS) is 20.7. The van der Waals surface area contributed by atoms with Gasteiger partial charge in [0.15, 0.2) is 0 Å². The maximum absolute atomic E-state index is 14.6. The molecule has 8 heteroatoms. The second kappa shape index (κ2) is 8.68. The molecule has 0 bridgehead atoms. The molecular formula is C26H25FN2O4S. The fourth-order valence-corrected chi connectivity index (χ4v) is 5.97. The average molecular weight is 481 g/mol. The van der Waals surface area contributed by atoms with Crippen molar-refractivity contribution in [2.75, 3.05) is 24.3 Å². The Bertz CT molecular complexity index is 1370. The molecule has 0 saturated carbocycles. The Morgan fingerprint density at radius 3 is 2.59 bits per heavy atom. The van der Waals surface area contributed by atoms with Gasteiger partial charge in [0.2, 0.25) is 0 Å². The van der Waals surface area contributed by atoms with E-state index in [1.54, 1.807) is 48.5 Å². The minimum absolute atomic E-state index is 0.0117. The van der Waals surface area contributed by atoms with Gasteiger partial charge >= 0.3 is 0 Å². The number of sulfonamides is 1. The first-order valence-corrected chi connectivity index (χ1v) is 12.5. The molecule has 34 heavy (non-hydrogen) atoms. The fraction of sp³-hybridized carbons (Fsp3) is 0.231. The minimum Gasteiger partial charge on any atom is -0.497 e. The lowest BCUT2D eigenvalue weighted by Gasteiger charge is -2.37. The van der Waals surface area contributed by atoms with Crippen molar-refractivity contribution in [3.8, 4) is 11.5 Å². The fourth-order valence-electron chi connectivity index (χ4n) is 4.87. The van der Waals surface area contributed by atoms with Crippen LogP contribution in [0.5, 0.6) is 11.5 Å². The number of halogens is 1. The minimum atomic E-state index is -3.90. The summed E-state index contributed by atoms with van der Waals surface area (Å²) in [6.45, 7) is 0. The number of fused-ring (bicyclic) bond motifs is 3. The maximum Gasteiger partial charge on any atom is 0.262 e. The number of allylic oxidation sites excluding steroid dienone is 2. The molecule has 0 aromatic heterocycles. The number of methoxy groups -OCH3 is 2. The summed E-state index contributed by atoms with van der Waals surface area (Å²) in [5.74, 6) is 0.725. The molecule has 0 unspecified atom stereocenters. The monoisotopic (exact) mass is 480 g/mol. The van der Waals surface area contributed by atoms with E-state index >= 15 is 0 Å². The molecule has 2 aliphatic rings. The van der Waals surface area contributed by atoms with Crippen LogP contribution < -0.4 is 19.5 Å². The van der Waals surface area contributed by atoms with Crippen molar-refractivity contribution in [1.82, 2.24) is 0 Å². The predicted molar refractivity (Wildman–Crippen MR) is 130 cm³/mol. The van der Waals surface area contributed by atoms with Crippen LogP contribution in [0, 0.1) is 11.7 Å². The molecule has 176 valence electrons. The molecule has 3 aromatic carbocycles. The molecule has 1 aliphatic heterocycles. The summed E-state index contributed by atoms with van der Waals surface area (Å²) < 4.78 is 54.3. The summed E-state index contributed by atoms with van der Waals surface area (Å²) >= 11 is 0. The van der Waals surface area contributed by atoms with Gasteiger partial charge < -0.3 is 14.8 Å². The number of rotatable bonds is 6. The molecule has 0 amide bonds. The van der Waals surface area contributed by atoms with Gasteiger partial charge in [-0.1, -0.05) is 30.4 Å². The molecule has 0 fully saturated rings. The van der Waals surface area contributed by atoms with E-state index in [4.69, 9.17) is 9.47 Å². The van der Waals surface area contributed by atoms with Crippen molar-refractivity contribution >= 4 is 21.4 Å². The Balaban J connectivity index is 1.50. The van der Waals surface area contributed by atoms with Crippen LogP contribution in [0.15, 0.2) is 77.7 Å². The van der Waals surface area contributed by atoms with Gasteiger partial charge in [0.25, 0.3) is 10.0 Å². The molecule has 6 nitrogen and oxygen atoms in total. The summed E-state index contributed by atoms with van der Waals surface area (Å²) in [6, 6.07) is 16.5. The number of hydrogen-bond donors (Lipinski definition) is 2. The number of anilines is 2. The SMILES string of the molecule is COc1ccc(OC)c(NS(=O)(=O)c2ccc3c(c2)[C@H]2C=CC[C@H]2[C@@H](c2ccccc2F)N3)c1. The van der Waals surface area contributed by atoms with Gasteiger partial charge in [-0.3, -0.25) is 4.72 Å². The first-order chi connectivity index (χ1) is 16.4. The van der Waals surface area contributed by atoms with E-state index in [9.17, 15) is 12.8 Å². The van der Waals surface area contributed by atoms with Crippen LogP contribution in [0.4, 0.5) is 15.8 Å². The highest BCUT2D eigenvalue weighted by Gasteiger charge is 2.39. The number of hydrogen-bond acceptors (Lipinski definition) is 5. The Hall–Kier alpha value is -3.52. The van der Waals surface area contributed by atoms with Gasteiger partial charge in [0.1, 0.15) is 17.3 Å². The molecule has 2 N–H and O–H groups in total. The summed E-state index contributed by atoms with van der Waals surface area (Å²) in [7, 11) is -0.917. The van der Waals surface area contributed by atoms with Crippen LogP contribution in [-0.4, -0.2) is 22.6 Å². The third kappa shape index (κ3) is 3.88. The molecule has 3 atom stereocenters. The highest BCUT2D eigenvalue weighted by atomic mass is 32.2. The summed E-state index contributed by atoms with van der Waals surface area (Å²) in [5.41, 5.74) is 2.59. The van der Waals surface area contributed by atoms with E-state index in [0.717, 1.165) is 17.7 Å². The molecule has 1 heterocycles. The zero-order chi connectivity index (χ0) is 23.9. The Morgan fingerprint density at radius 2 is 1.82 bits per heavy atom. The third-order valence-corrected chi connectivity index (χ3v) is 7.90. The lowest BCUT2D eigenvalue weighted by Crippen LogP contribution is -2.30. The van der Waals surface area contributed by atoms with Crippen LogP contribution in [0.25, 0.3) is 0 Å². The predicted octanol–water partition coefficient (Wildman–Crippen LogP) is 5.47. The number of ether oxygens (including phenoxy) is 2. The van der Waals surface area contributed by atoms with Gasteiger partial charge in [-0.05, 0) is 54.3 Å². The van der Waals surface area contributed by atoms with E-state index in [1.807, 2.05) is 6.07 Å². The average Bonchev–Trinajstić information content (AvgIpc) is 3.34. The van der Waals surface area contributed by atoms with E-state index in [2.05, 4.69) is 22.2 Å². The summed E-state index contributed by atoms with van der Waals surface area (Å²) in [5, 5.41) is 3.46. The first kappa shape index (κ1) is 22.3. The van der Waals surface area contributed by atoms with Crippen LogP contribution in [0.2, 0.25) is 0 Å². The largest absolute Gasteiger partial charge is 0.497 e. The van der Waals surface area contributed by atoms with Crippen molar-refractivity contribution in [3.63, 3.8) is 0 Å². The Morgan fingerprint density at radius 1 is 1.00 bits per heavy atom. The van der Waals surface area contributed by atoms with Crippen molar-refractivity contribution in [1.29, 1.82) is 0 Å². The lowest BCUT2D eigenvalue weighted by atomic mass is 9.77. The standard InChI is InChI=1S/C26H25FN2O4S/c1-32-16-10-13-25(33-2)24(14-16)29-34(30,31)17-11-12-23-21(15-17)18-7-5-8-19(18)26(28-23)20-6-3-4-9-22(20)27/h3-7,9-15,18-19,26,28-29H,8H2,1-2H3/t18-,19+,26-/m0/s1. The van der Waals surface area contributed by atoms with E-state index in [-0.39, 0.29) is 34.3 Å². The van der Waals surface area contributed by atoms with Crippen LogP contribution in [-0.2, 0) is 10.0 Å². The second-order valence-corrected chi connectivity index (χ2v) is 10.1. The van der Waals surface area contributed by atoms with Crippen molar-refractivity contribution < 1.29 is 22.3 Å². The Labute approximate surface area is 198 Å². The molecule has 0 radical (unpaired) electrons. The smallest absolute Gasteiger partial charge is 0.262 e. The molecule has 0 saturated heterocycles. The quantitative estimate of drug-likeness (QED) is 0.458. The topological polar surface area (TPSA) is 76.7 Å². The molecule has 1 aliphatic carbocycles. The molecular weight excluding hydrogens is 455 g/mol. The highest BCUT2D eigenvalue weighted by Crippen LogP contribution is 2.50. The van der Waals surface area contributed by atoms with Gasteiger partial charge in [0, 0.05) is 23.2 Å². The summed E-state index contributed by atoms with van der Waals surface area (Å²) in [6.07, 6.45) is 4.96. The first-order valence-electron chi connectivity index (χ1n) is 11.0. The number of benzene rings is 3. The molecule has 0 spiro atoms. The molecule has 3 aromatic rings. The van der Waals surface area contributed by atoms with Crippen molar-refractivity contribution in [2.24, 2.45) is 5.92 Å². The molecule has 5 rings (SSSR count). The summed E-state index contributed by atoms with van der Waals surface area (Å²) in [4.78, 5) is 0.140. The second-order valence-electron chi connectivity index (χ2n) is 8.42. The maximum atomic E-state index is 14.6. The number of nitrogens with one attached hydrogen (secondary N) is 2. The van der Waals surface area contributed by atoms with Crippen LogP contribution in [0.1, 0.15) is 29.5 Å². The van der Waals surface area contributed by atoms with Crippen molar-refractivity contribution in [2.45, 2.75) is 23.3 Å². The zero-order valence-corrected chi connectivity index (χ0v) is 19.6. The lowest BCUT2D eigenvalue weighted by molar-refractivity contribution is 0.405. The van der Waals surface area contributed by atoms with Crippen molar-refractivity contribution in [3.05, 3.63) is 89.8 Å². The van der Waals surface area contributed by atoms with Gasteiger partial charge in [-0.2, -0.15) is 0 Å². The zero-order valence-electron chi connectivity index (χ0n) is 18.8. The van der Waals surface area contributed by atoms with Gasteiger partial charge in [-0.25, -0.2) is 12.8 Å². The van der Waals surface area contributed by atoms with Gasteiger partial charge in [-0.15, -0.1) is 0 Å². The van der Waals surface area contributed by atoms with Crippen LogP contribution >= 0.6 is 0 Å². The highest BCUT2D eigenvalue weighted by molar-refractivity contribution is 7.92.